The van der Waals surface area contributed by atoms with Gasteiger partial charge in [0.1, 0.15) is 0 Å². The third kappa shape index (κ3) is 5.10. The van der Waals surface area contributed by atoms with Crippen LogP contribution in [0.4, 0.5) is 11.4 Å². The third-order valence-corrected chi connectivity index (χ3v) is 3.13. The van der Waals surface area contributed by atoms with Crippen molar-refractivity contribution in [3.05, 3.63) is 59.7 Å². The molecule has 4 nitrogen and oxygen atoms in total. The fourth-order valence-corrected chi connectivity index (χ4v) is 1.78. The molecule has 0 aromatic heterocycles. The Labute approximate surface area is 125 Å². The van der Waals surface area contributed by atoms with Crippen LogP contribution in [0.15, 0.2) is 48.5 Å². The van der Waals surface area contributed by atoms with Gasteiger partial charge in [0.05, 0.1) is 13.2 Å². The number of ether oxygens (including phenoxy) is 2. The molecular weight excluding hydrogens is 264 g/mol. The van der Waals surface area contributed by atoms with Crippen molar-refractivity contribution in [2.24, 2.45) is 0 Å². The number of hydrogen-bond acceptors (Lipinski definition) is 4. The Kier molecular flexibility index (Phi) is 4.83. The first-order chi connectivity index (χ1) is 9.94. The molecule has 0 aliphatic carbocycles. The molecule has 0 bridgehead atoms. The number of benzene rings is 2. The van der Waals surface area contributed by atoms with Crippen molar-refractivity contribution < 1.29 is 9.47 Å². The Bertz CT molecular complexity index is 511. The maximum Gasteiger partial charge on any atom is 0.163 e. The highest BCUT2D eigenvalue weighted by Gasteiger charge is 2.19. The molecule has 0 unspecified atom stereocenters. The summed E-state index contributed by atoms with van der Waals surface area (Å²) in [7, 11) is 0. The first-order valence-corrected chi connectivity index (χ1v) is 6.91. The molecule has 4 heteroatoms. The summed E-state index contributed by atoms with van der Waals surface area (Å²) in [5.41, 5.74) is 14.9. The molecule has 0 spiro atoms. The second-order valence-corrected chi connectivity index (χ2v) is 5.46. The summed E-state index contributed by atoms with van der Waals surface area (Å²) in [5, 5.41) is 0. The lowest BCUT2D eigenvalue weighted by Crippen LogP contribution is -2.28. The number of nitrogens with two attached hydrogens (primary N) is 2. The van der Waals surface area contributed by atoms with E-state index in [0.717, 1.165) is 22.5 Å². The predicted octanol–water partition coefficient (Wildman–Crippen LogP) is 3.32. The van der Waals surface area contributed by atoms with Crippen LogP contribution >= 0.6 is 0 Å². The number of rotatable bonds is 6. The molecule has 0 saturated heterocycles. The Balaban J connectivity index is 1.83. The summed E-state index contributed by atoms with van der Waals surface area (Å²) in [5.74, 6) is -0.664. The normalized spacial score (nSPS) is 11.5. The molecule has 2 rings (SSSR count). The lowest BCUT2D eigenvalue weighted by atomic mass is 10.2. The molecule has 0 saturated carbocycles. The van der Waals surface area contributed by atoms with E-state index >= 15 is 0 Å². The SMILES string of the molecule is CC(C)(OCc1ccc(N)cc1)OCc1ccc(N)cc1. The molecule has 0 fully saturated rings. The quantitative estimate of drug-likeness (QED) is 0.631. The van der Waals surface area contributed by atoms with Gasteiger partial charge in [-0.15, -0.1) is 0 Å². The van der Waals surface area contributed by atoms with E-state index in [0.29, 0.717) is 13.2 Å². The highest BCUT2D eigenvalue weighted by atomic mass is 16.7. The lowest BCUT2D eigenvalue weighted by Gasteiger charge is -2.26. The minimum atomic E-state index is -0.664. The fraction of sp³-hybridized carbons (Fsp3) is 0.294. The zero-order valence-corrected chi connectivity index (χ0v) is 12.5. The van der Waals surface area contributed by atoms with Crippen LogP contribution in [0.1, 0.15) is 25.0 Å². The summed E-state index contributed by atoms with van der Waals surface area (Å²) in [6.07, 6.45) is 0. The van der Waals surface area contributed by atoms with Crippen molar-refractivity contribution >= 4 is 11.4 Å². The fourth-order valence-electron chi connectivity index (χ4n) is 1.78. The monoisotopic (exact) mass is 286 g/mol. The van der Waals surface area contributed by atoms with Gasteiger partial charge in [0.2, 0.25) is 0 Å². The van der Waals surface area contributed by atoms with E-state index in [1.165, 1.54) is 0 Å². The average Bonchev–Trinajstić information content (AvgIpc) is 2.46. The van der Waals surface area contributed by atoms with Crippen LogP contribution in [0.3, 0.4) is 0 Å². The van der Waals surface area contributed by atoms with E-state index in [9.17, 15) is 0 Å². The molecular formula is C17H22N2O2. The molecule has 21 heavy (non-hydrogen) atoms. The smallest absolute Gasteiger partial charge is 0.163 e. The maximum absolute atomic E-state index is 5.81. The highest BCUT2D eigenvalue weighted by molar-refractivity contribution is 5.39. The van der Waals surface area contributed by atoms with Crippen LogP contribution in [0, 0.1) is 0 Å². The Morgan fingerprint density at radius 1 is 0.714 bits per heavy atom. The van der Waals surface area contributed by atoms with E-state index in [-0.39, 0.29) is 0 Å². The van der Waals surface area contributed by atoms with Crippen molar-refractivity contribution in [3.63, 3.8) is 0 Å². The zero-order valence-electron chi connectivity index (χ0n) is 12.5. The van der Waals surface area contributed by atoms with Gasteiger partial charge in [-0.2, -0.15) is 0 Å². The Morgan fingerprint density at radius 3 is 1.38 bits per heavy atom. The van der Waals surface area contributed by atoms with Gasteiger partial charge in [-0.05, 0) is 49.2 Å². The molecule has 4 N–H and O–H groups in total. The number of anilines is 2. The predicted molar refractivity (Wildman–Crippen MR) is 85.4 cm³/mol. The van der Waals surface area contributed by atoms with Gasteiger partial charge in [-0.1, -0.05) is 24.3 Å². The van der Waals surface area contributed by atoms with Crippen LogP contribution in [-0.4, -0.2) is 5.79 Å². The number of nitrogen functional groups attached to an aromatic ring is 2. The van der Waals surface area contributed by atoms with Crippen LogP contribution in [-0.2, 0) is 22.7 Å². The van der Waals surface area contributed by atoms with E-state index in [1.54, 1.807) is 0 Å². The van der Waals surface area contributed by atoms with E-state index in [4.69, 9.17) is 20.9 Å². The Morgan fingerprint density at radius 2 is 1.05 bits per heavy atom. The topological polar surface area (TPSA) is 70.5 Å². The van der Waals surface area contributed by atoms with Crippen LogP contribution < -0.4 is 11.5 Å². The molecule has 0 aliphatic rings. The molecule has 2 aromatic carbocycles. The average molecular weight is 286 g/mol. The molecule has 0 radical (unpaired) electrons. The van der Waals surface area contributed by atoms with E-state index < -0.39 is 5.79 Å². The molecule has 112 valence electrons. The second-order valence-electron chi connectivity index (χ2n) is 5.46. The van der Waals surface area contributed by atoms with Crippen molar-refractivity contribution in [1.82, 2.24) is 0 Å². The summed E-state index contributed by atoms with van der Waals surface area (Å²) in [4.78, 5) is 0. The highest BCUT2D eigenvalue weighted by Crippen LogP contribution is 2.18. The summed E-state index contributed by atoms with van der Waals surface area (Å²) < 4.78 is 11.6. The molecule has 0 heterocycles. The van der Waals surface area contributed by atoms with Gasteiger partial charge in [0.15, 0.2) is 5.79 Å². The third-order valence-electron chi connectivity index (χ3n) is 3.13. The molecule has 0 atom stereocenters. The first kappa shape index (κ1) is 15.4. The molecule has 2 aromatic rings. The van der Waals surface area contributed by atoms with Crippen LogP contribution in [0.2, 0.25) is 0 Å². The van der Waals surface area contributed by atoms with Gasteiger partial charge in [0.25, 0.3) is 0 Å². The number of hydrogen-bond donors (Lipinski definition) is 2. The molecule has 0 aliphatic heterocycles. The van der Waals surface area contributed by atoms with Gasteiger partial charge in [-0.3, -0.25) is 0 Å². The summed E-state index contributed by atoms with van der Waals surface area (Å²) >= 11 is 0. The van der Waals surface area contributed by atoms with Crippen molar-refractivity contribution in [1.29, 1.82) is 0 Å². The molecule has 0 amide bonds. The zero-order chi connectivity index (χ0) is 15.3. The largest absolute Gasteiger partial charge is 0.399 e. The maximum atomic E-state index is 5.81. The van der Waals surface area contributed by atoms with Crippen LogP contribution in [0.25, 0.3) is 0 Å². The van der Waals surface area contributed by atoms with Crippen molar-refractivity contribution in [3.8, 4) is 0 Å². The standard InChI is InChI=1S/C17H22N2O2/c1-17(2,20-11-13-3-7-15(18)8-4-13)21-12-14-5-9-16(19)10-6-14/h3-10H,11-12,18-19H2,1-2H3. The van der Waals surface area contributed by atoms with Crippen molar-refractivity contribution in [2.45, 2.75) is 32.8 Å². The van der Waals surface area contributed by atoms with Gasteiger partial charge in [0, 0.05) is 11.4 Å². The van der Waals surface area contributed by atoms with Gasteiger partial charge < -0.3 is 20.9 Å². The van der Waals surface area contributed by atoms with Crippen LogP contribution in [0.5, 0.6) is 0 Å². The lowest BCUT2D eigenvalue weighted by molar-refractivity contribution is -0.226. The minimum absolute atomic E-state index is 0.481. The Hall–Kier alpha value is -2.04. The summed E-state index contributed by atoms with van der Waals surface area (Å²) in [6.45, 7) is 4.77. The minimum Gasteiger partial charge on any atom is -0.399 e. The van der Waals surface area contributed by atoms with E-state index in [1.807, 2.05) is 62.4 Å². The van der Waals surface area contributed by atoms with Gasteiger partial charge in [-0.25, -0.2) is 0 Å². The summed E-state index contributed by atoms with van der Waals surface area (Å²) in [6, 6.07) is 15.2. The van der Waals surface area contributed by atoms with E-state index in [2.05, 4.69) is 0 Å². The van der Waals surface area contributed by atoms with Gasteiger partial charge >= 0.3 is 0 Å². The second kappa shape index (κ2) is 6.61. The van der Waals surface area contributed by atoms with Crippen molar-refractivity contribution in [2.75, 3.05) is 11.5 Å². The first-order valence-electron chi connectivity index (χ1n) is 6.91.